The summed E-state index contributed by atoms with van der Waals surface area (Å²) in [5.41, 5.74) is 3.89. The van der Waals surface area contributed by atoms with Crippen LogP contribution in [0.1, 0.15) is 66.6 Å². The zero-order valence-electron chi connectivity index (χ0n) is 23.5. The predicted molar refractivity (Wildman–Crippen MR) is 152 cm³/mol. The van der Waals surface area contributed by atoms with Crippen molar-refractivity contribution < 1.29 is 14.4 Å². The molecule has 0 saturated carbocycles. The van der Waals surface area contributed by atoms with E-state index >= 15 is 0 Å². The maximum absolute atomic E-state index is 14.2. The van der Waals surface area contributed by atoms with Gasteiger partial charge in [-0.25, -0.2) is 0 Å². The molecule has 2 aliphatic heterocycles. The summed E-state index contributed by atoms with van der Waals surface area (Å²) in [7, 11) is 2.10. The fourth-order valence-corrected chi connectivity index (χ4v) is 6.77. The first-order valence-electron chi connectivity index (χ1n) is 14.6. The number of piperidine rings is 1. The van der Waals surface area contributed by atoms with Crippen molar-refractivity contribution in [2.75, 3.05) is 20.1 Å². The second-order valence-corrected chi connectivity index (χ2v) is 11.6. The lowest BCUT2D eigenvalue weighted by atomic mass is 9.85. The molecule has 2 heterocycles. The van der Waals surface area contributed by atoms with Gasteiger partial charge in [-0.2, -0.15) is 0 Å². The Balaban J connectivity index is 1.40. The molecular formula is C32H42N4O3. The molecule has 39 heavy (non-hydrogen) atoms. The molecule has 7 heteroatoms. The number of hydrogen-bond donors (Lipinski definition) is 2. The summed E-state index contributed by atoms with van der Waals surface area (Å²) in [5, 5.41) is 6.36. The van der Waals surface area contributed by atoms with E-state index in [9.17, 15) is 14.4 Å². The van der Waals surface area contributed by atoms with Crippen LogP contribution in [0, 0.1) is 11.8 Å². The van der Waals surface area contributed by atoms with Crippen LogP contribution in [0.5, 0.6) is 0 Å². The minimum atomic E-state index is -0.560. The highest BCUT2D eigenvalue weighted by molar-refractivity contribution is 5.98. The van der Waals surface area contributed by atoms with Gasteiger partial charge in [0.1, 0.15) is 12.1 Å². The van der Waals surface area contributed by atoms with E-state index in [-0.39, 0.29) is 42.1 Å². The summed E-state index contributed by atoms with van der Waals surface area (Å²) >= 11 is 0. The van der Waals surface area contributed by atoms with Gasteiger partial charge in [-0.15, -0.1) is 0 Å². The molecule has 2 aromatic carbocycles. The number of fused-ring (bicyclic) bond motifs is 1. The van der Waals surface area contributed by atoms with Crippen LogP contribution in [-0.2, 0) is 29.0 Å². The zero-order valence-corrected chi connectivity index (χ0v) is 23.5. The molecule has 5 rings (SSSR count). The predicted octanol–water partition coefficient (Wildman–Crippen LogP) is 3.56. The maximum Gasteiger partial charge on any atom is 0.251 e. The van der Waals surface area contributed by atoms with E-state index in [1.165, 1.54) is 11.1 Å². The van der Waals surface area contributed by atoms with Gasteiger partial charge >= 0.3 is 0 Å². The third-order valence-electron chi connectivity index (χ3n) is 9.16. The van der Waals surface area contributed by atoms with Crippen molar-refractivity contribution in [2.24, 2.45) is 11.8 Å². The van der Waals surface area contributed by atoms with Crippen LogP contribution in [0.4, 0.5) is 0 Å². The first kappa shape index (κ1) is 27.4. The first-order chi connectivity index (χ1) is 18.9. The van der Waals surface area contributed by atoms with Crippen LogP contribution >= 0.6 is 0 Å². The highest BCUT2D eigenvalue weighted by atomic mass is 16.2. The van der Waals surface area contributed by atoms with Crippen molar-refractivity contribution in [3.05, 3.63) is 70.8 Å². The average Bonchev–Trinajstić information content (AvgIpc) is 3.38. The monoisotopic (exact) mass is 530 g/mol. The number of carbonyl (C=O) groups is 3. The van der Waals surface area contributed by atoms with E-state index in [2.05, 4.69) is 48.6 Å². The third kappa shape index (κ3) is 5.74. The van der Waals surface area contributed by atoms with Crippen molar-refractivity contribution >= 4 is 17.7 Å². The Morgan fingerprint density at radius 1 is 0.974 bits per heavy atom. The Morgan fingerprint density at radius 3 is 2.23 bits per heavy atom. The molecule has 0 radical (unpaired) electrons. The second-order valence-electron chi connectivity index (χ2n) is 11.6. The summed E-state index contributed by atoms with van der Waals surface area (Å²) < 4.78 is 0. The number of benzene rings is 2. The fraction of sp³-hybridized carbons (Fsp3) is 0.531. The Hall–Kier alpha value is -3.19. The van der Waals surface area contributed by atoms with Gasteiger partial charge in [-0.3, -0.25) is 14.4 Å². The van der Waals surface area contributed by atoms with Crippen molar-refractivity contribution in [1.29, 1.82) is 0 Å². The van der Waals surface area contributed by atoms with Crippen LogP contribution in [0.2, 0.25) is 0 Å². The molecule has 2 aromatic rings. The van der Waals surface area contributed by atoms with Crippen LogP contribution in [-0.4, -0.2) is 65.8 Å². The Morgan fingerprint density at radius 2 is 1.59 bits per heavy atom. The Labute approximate surface area is 232 Å². The largest absolute Gasteiger partial charge is 0.349 e. The topological polar surface area (TPSA) is 81.8 Å². The molecule has 2 saturated heterocycles. The number of likely N-dealkylation sites (tertiary alicyclic amines) is 1. The van der Waals surface area contributed by atoms with E-state index in [4.69, 9.17) is 0 Å². The molecule has 2 N–H and O–H groups in total. The number of rotatable bonds is 8. The van der Waals surface area contributed by atoms with Gasteiger partial charge in [-0.1, -0.05) is 69.2 Å². The van der Waals surface area contributed by atoms with Gasteiger partial charge in [0, 0.05) is 18.2 Å². The smallest absolute Gasteiger partial charge is 0.251 e. The van der Waals surface area contributed by atoms with Gasteiger partial charge < -0.3 is 20.4 Å². The van der Waals surface area contributed by atoms with Gasteiger partial charge in [-0.05, 0) is 80.4 Å². The molecule has 2 atom stereocenters. The molecule has 3 amide bonds. The molecule has 3 aliphatic rings. The highest BCUT2D eigenvalue weighted by Gasteiger charge is 2.47. The molecule has 208 valence electrons. The summed E-state index contributed by atoms with van der Waals surface area (Å²) in [5.74, 6) is -0.119. The molecule has 1 aliphatic carbocycles. The quantitative estimate of drug-likeness (QED) is 0.547. The molecule has 0 unspecified atom stereocenters. The van der Waals surface area contributed by atoms with Gasteiger partial charge in [0.25, 0.3) is 5.91 Å². The maximum atomic E-state index is 14.2. The van der Waals surface area contributed by atoms with Crippen LogP contribution in [0.3, 0.4) is 0 Å². The van der Waals surface area contributed by atoms with Gasteiger partial charge in [0.2, 0.25) is 11.8 Å². The zero-order chi connectivity index (χ0) is 27.5. The van der Waals surface area contributed by atoms with E-state index in [1.807, 2.05) is 36.4 Å². The number of carbonyl (C=O) groups excluding carboxylic acids is 3. The van der Waals surface area contributed by atoms with E-state index < -0.39 is 12.1 Å². The standard InChI is InChI=1S/C32H42N4O3/c1-4-21(5-2)29-31(38)34-28(25-18-22-10-6-7-11-23(22)19-25)32(39)36(29)20-24-12-8-9-13-27(24)30(37)33-26-14-16-35(3)17-15-26/h6-13,21,25-26,28-29H,4-5,14-20H2,1-3H3,(H,33,37)(H,34,38)/t28-,29-/m1/s1. The fourth-order valence-electron chi connectivity index (χ4n) is 6.77. The van der Waals surface area contributed by atoms with E-state index in [0.29, 0.717) is 5.56 Å². The number of nitrogens with zero attached hydrogens (tertiary/aromatic N) is 2. The minimum Gasteiger partial charge on any atom is -0.349 e. The first-order valence-corrected chi connectivity index (χ1v) is 14.6. The lowest BCUT2D eigenvalue weighted by Gasteiger charge is -2.44. The molecule has 2 fully saturated rings. The van der Waals surface area contributed by atoms with Crippen LogP contribution < -0.4 is 10.6 Å². The van der Waals surface area contributed by atoms with Crippen LogP contribution in [0.15, 0.2) is 48.5 Å². The van der Waals surface area contributed by atoms with Crippen molar-refractivity contribution in [1.82, 2.24) is 20.4 Å². The van der Waals surface area contributed by atoms with Crippen LogP contribution in [0.25, 0.3) is 0 Å². The Kier molecular flexibility index (Phi) is 8.36. The number of amides is 3. The molecule has 0 spiro atoms. The average molecular weight is 531 g/mol. The molecular weight excluding hydrogens is 488 g/mol. The van der Waals surface area contributed by atoms with E-state index in [0.717, 1.165) is 57.2 Å². The third-order valence-corrected chi connectivity index (χ3v) is 9.16. The summed E-state index contributed by atoms with van der Waals surface area (Å²) in [6.07, 6.45) is 5.03. The minimum absolute atomic E-state index is 0.0326. The van der Waals surface area contributed by atoms with Gasteiger partial charge in [0.05, 0.1) is 0 Å². The number of nitrogens with one attached hydrogen (secondary N) is 2. The lowest BCUT2D eigenvalue weighted by molar-refractivity contribution is -0.154. The summed E-state index contributed by atoms with van der Waals surface area (Å²) in [4.78, 5) is 45.3. The SMILES string of the molecule is CCC(CC)[C@@H]1C(=O)N[C@H](C2Cc3ccccc3C2)C(=O)N1Cc1ccccc1C(=O)NC1CCN(C)CC1. The second kappa shape index (κ2) is 11.9. The summed E-state index contributed by atoms with van der Waals surface area (Å²) in [6.45, 7) is 6.33. The Bertz CT molecular complexity index is 1180. The van der Waals surface area contributed by atoms with Crippen molar-refractivity contribution in [2.45, 2.75) is 77.0 Å². The normalized spacial score (nSPS) is 22.7. The van der Waals surface area contributed by atoms with Crippen molar-refractivity contribution in [3.8, 4) is 0 Å². The number of hydrogen-bond acceptors (Lipinski definition) is 4. The van der Waals surface area contributed by atoms with E-state index in [1.54, 1.807) is 4.90 Å². The van der Waals surface area contributed by atoms with Gasteiger partial charge in [0.15, 0.2) is 0 Å². The molecule has 7 nitrogen and oxygen atoms in total. The lowest BCUT2D eigenvalue weighted by Crippen LogP contribution is -2.66. The molecule has 0 bridgehead atoms. The highest BCUT2D eigenvalue weighted by Crippen LogP contribution is 2.33. The number of piperazine rings is 1. The summed E-state index contributed by atoms with van der Waals surface area (Å²) in [6, 6.07) is 14.9. The molecule has 0 aromatic heterocycles. The van der Waals surface area contributed by atoms with Crippen molar-refractivity contribution in [3.63, 3.8) is 0 Å².